The number of carbonyl (C=O) groups excluding carboxylic acids is 1. The summed E-state index contributed by atoms with van der Waals surface area (Å²) in [6.45, 7) is 1.01. The van der Waals surface area contributed by atoms with Crippen LogP contribution in [0.4, 0.5) is 11.4 Å². The summed E-state index contributed by atoms with van der Waals surface area (Å²) in [5.74, 6) is -0.325. The number of carbonyl (C=O) groups is 1. The highest BCUT2D eigenvalue weighted by molar-refractivity contribution is 6.00. The maximum absolute atomic E-state index is 12.1. The lowest BCUT2D eigenvalue weighted by Gasteiger charge is -2.16. The van der Waals surface area contributed by atoms with E-state index in [0.717, 1.165) is 0 Å². The van der Waals surface area contributed by atoms with Crippen molar-refractivity contribution in [3.05, 3.63) is 33.9 Å². The van der Waals surface area contributed by atoms with E-state index in [9.17, 15) is 14.9 Å². The highest BCUT2D eigenvalue weighted by Crippen LogP contribution is 2.24. The van der Waals surface area contributed by atoms with E-state index >= 15 is 0 Å². The fourth-order valence-electron chi connectivity index (χ4n) is 1.72. The number of nitrogens with zero attached hydrogens (tertiary/aromatic N) is 2. The Balaban J connectivity index is 2.91. The molecule has 1 N–H and O–H groups in total. The van der Waals surface area contributed by atoms with Crippen molar-refractivity contribution in [3.8, 4) is 0 Å². The molecule has 1 aromatic carbocycles. The van der Waals surface area contributed by atoms with Crippen LogP contribution in [0.25, 0.3) is 0 Å². The van der Waals surface area contributed by atoms with Crippen molar-refractivity contribution < 1.29 is 14.5 Å². The van der Waals surface area contributed by atoms with Crippen LogP contribution in [0.5, 0.6) is 0 Å². The molecule has 0 aromatic heterocycles. The maximum atomic E-state index is 12.1. The number of anilines is 1. The predicted molar refractivity (Wildman–Crippen MR) is 76.2 cm³/mol. The molecule has 0 atom stereocenters. The van der Waals surface area contributed by atoms with Gasteiger partial charge in [0, 0.05) is 52.2 Å². The molecule has 0 bridgehead atoms. The van der Waals surface area contributed by atoms with Gasteiger partial charge in [-0.05, 0) is 12.5 Å². The first kappa shape index (κ1) is 15.9. The van der Waals surface area contributed by atoms with Crippen molar-refractivity contribution in [2.45, 2.75) is 6.42 Å². The molecule has 1 amide bonds. The van der Waals surface area contributed by atoms with Gasteiger partial charge in [0.15, 0.2) is 0 Å². The number of methoxy groups -OCH3 is 1. The number of non-ortho nitro benzene ring substituents is 1. The first-order valence-corrected chi connectivity index (χ1v) is 6.20. The van der Waals surface area contributed by atoms with Gasteiger partial charge in [-0.1, -0.05) is 0 Å². The molecule has 1 aromatic rings. The number of ether oxygens (including phenoxy) is 1. The van der Waals surface area contributed by atoms with Crippen LogP contribution in [-0.2, 0) is 4.74 Å². The van der Waals surface area contributed by atoms with E-state index in [-0.39, 0.29) is 11.6 Å². The van der Waals surface area contributed by atoms with Gasteiger partial charge >= 0.3 is 0 Å². The van der Waals surface area contributed by atoms with Gasteiger partial charge in [0.05, 0.1) is 10.5 Å². The molecule has 0 spiro atoms. The Morgan fingerprint density at radius 2 is 2.15 bits per heavy atom. The number of nitro groups is 1. The zero-order chi connectivity index (χ0) is 15.1. The van der Waals surface area contributed by atoms with Gasteiger partial charge in [-0.15, -0.1) is 0 Å². The van der Waals surface area contributed by atoms with Crippen LogP contribution in [0.2, 0.25) is 0 Å². The van der Waals surface area contributed by atoms with Crippen molar-refractivity contribution in [1.29, 1.82) is 0 Å². The average Bonchev–Trinajstić information content (AvgIpc) is 2.42. The molecule has 0 aliphatic carbocycles. The highest BCUT2D eigenvalue weighted by atomic mass is 16.6. The minimum Gasteiger partial charge on any atom is -0.385 e. The molecule has 7 nitrogen and oxygen atoms in total. The minimum atomic E-state index is -0.513. The van der Waals surface area contributed by atoms with Crippen LogP contribution < -0.4 is 10.2 Å². The third-order valence-electron chi connectivity index (χ3n) is 2.73. The van der Waals surface area contributed by atoms with E-state index in [2.05, 4.69) is 5.32 Å². The molecule has 20 heavy (non-hydrogen) atoms. The van der Waals surface area contributed by atoms with Gasteiger partial charge in [-0.2, -0.15) is 0 Å². The second-order valence-electron chi connectivity index (χ2n) is 4.46. The number of hydrogen-bond donors (Lipinski definition) is 1. The largest absolute Gasteiger partial charge is 0.385 e. The van der Waals surface area contributed by atoms with Crippen LogP contribution in [0.3, 0.4) is 0 Å². The summed E-state index contributed by atoms with van der Waals surface area (Å²) in [6, 6.07) is 4.25. The molecule has 0 heterocycles. The summed E-state index contributed by atoms with van der Waals surface area (Å²) in [5.41, 5.74) is 0.832. The fraction of sp³-hybridized carbons (Fsp3) is 0.462. The van der Waals surface area contributed by atoms with Gasteiger partial charge in [-0.25, -0.2) is 0 Å². The molecule has 0 aliphatic rings. The van der Waals surface area contributed by atoms with Gasteiger partial charge in [0.2, 0.25) is 0 Å². The Labute approximate surface area is 117 Å². The number of nitrogens with one attached hydrogen (secondary N) is 1. The van der Waals surface area contributed by atoms with Crippen LogP contribution in [-0.4, -0.2) is 45.2 Å². The Hall–Kier alpha value is -2.15. The number of benzene rings is 1. The van der Waals surface area contributed by atoms with Crippen molar-refractivity contribution in [1.82, 2.24) is 5.32 Å². The van der Waals surface area contributed by atoms with Crippen LogP contribution in [0.1, 0.15) is 16.8 Å². The smallest absolute Gasteiger partial charge is 0.270 e. The van der Waals surface area contributed by atoms with Gasteiger partial charge in [-0.3, -0.25) is 14.9 Å². The molecule has 0 radical (unpaired) electrons. The molecule has 110 valence electrons. The normalized spacial score (nSPS) is 10.2. The topological polar surface area (TPSA) is 84.7 Å². The van der Waals surface area contributed by atoms with E-state index in [1.165, 1.54) is 12.1 Å². The van der Waals surface area contributed by atoms with Crippen LogP contribution in [0.15, 0.2) is 18.2 Å². The highest BCUT2D eigenvalue weighted by Gasteiger charge is 2.17. The lowest BCUT2D eigenvalue weighted by molar-refractivity contribution is -0.384. The first-order valence-electron chi connectivity index (χ1n) is 6.20. The SMILES string of the molecule is COCCCNC(=O)c1cc([N+](=O)[O-])ccc1N(C)C. The van der Waals surface area contributed by atoms with Gasteiger partial charge < -0.3 is 15.0 Å². The van der Waals surface area contributed by atoms with Gasteiger partial charge in [0.1, 0.15) is 0 Å². The Morgan fingerprint density at radius 1 is 1.45 bits per heavy atom. The van der Waals surface area contributed by atoms with Crippen LogP contribution in [0, 0.1) is 10.1 Å². The minimum absolute atomic E-state index is 0.0994. The number of hydrogen-bond acceptors (Lipinski definition) is 5. The number of rotatable bonds is 7. The van der Waals surface area contributed by atoms with Crippen molar-refractivity contribution in [2.75, 3.05) is 39.3 Å². The Kier molecular flexibility index (Phi) is 5.92. The van der Waals surface area contributed by atoms with E-state index in [0.29, 0.717) is 30.8 Å². The third kappa shape index (κ3) is 4.20. The van der Waals surface area contributed by atoms with E-state index in [1.807, 2.05) is 0 Å². The summed E-state index contributed by atoms with van der Waals surface area (Å²) in [5, 5.41) is 13.5. The summed E-state index contributed by atoms with van der Waals surface area (Å²) in [6.07, 6.45) is 0.689. The monoisotopic (exact) mass is 281 g/mol. The molecule has 0 fully saturated rings. The van der Waals surface area contributed by atoms with Crippen molar-refractivity contribution in [2.24, 2.45) is 0 Å². The van der Waals surface area contributed by atoms with Crippen LogP contribution >= 0.6 is 0 Å². The quantitative estimate of drug-likeness (QED) is 0.464. The second kappa shape index (κ2) is 7.44. The summed E-state index contributed by atoms with van der Waals surface area (Å²) < 4.78 is 4.89. The third-order valence-corrected chi connectivity index (χ3v) is 2.73. The standard InChI is InChI=1S/C13H19N3O4/c1-15(2)12-6-5-10(16(18)19)9-11(12)13(17)14-7-4-8-20-3/h5-6,9H,4,7-8H2,1-3H3,(H,14,17). The first-order chi connectivity index (χ1) is 9.47. The summed E-state index contributed by atoms with van der Waals surface area (Å²) in [4.78, 5) is 24.1. The maximum Gasteiger partial charge on any atom is 0.270 e. The predicted octanol–water partition coefficient (Wildman–Crippen LogP) is 1.43. The molecular formula is C13H19N3O4. The van der Waals surface area contributed by atoms with Crippen molar-refractivity contribution >= 4 is 17.3 Å². The Bertz CT molecular complexity index is 489. The molecule has 0 aliphatic heterocycles. The average molecular weight is 281 g/mol. The van der Waals surface area contributed by atoms with Gasteiger partial charge in [0.25, 0.3) is 11.6 Å². The zero-order valence-corrected chi connectivity index (χ0v) is 11.9. The second-order valence-corrected chi connectivity index (χ2v) is 4.46. The van der Waals surface area contributed by atoms with Crippen molar-refractivity contribution in [3.63, 3.8) is 0 Å². The van der Waals surface area contributed by atoms with E-state index in [4.69, 9.17) is 4.74 Å². The molecule has 1 rings (SSSR count). The Morgan fingerprint density at radius 3 is 2.70 bits per heavy atom. The zero-order valence-electron chi connectivity index (χ0n) is 11.9. The molecular weight excluding hydrogens is 262 g/mol. The lowest BCUT2D eigenvalue weighted by Crippen LogP contribution is -2.27. The fourth-order valence-corrected chi connectivity index (χ4v) is 1.72. The molecule has 0 saturated carbocycles. The van der Waals surface area contributed by atoms with E-state index in [1.54, 1.807) is 32.2 Å². The summed E-state index contributed by atoms with van der Waals surface area (Å²) in [7, 11) is 5.15. The molecule has 0 saturated heterocycles. The van der Waals surface area contributed by atoms with E-state index < -0.39 is 4.92 Å². The number of nitro benzene ring substituents is 1. The molecule has 7 heteroatoms. The molecule has 0 unspecified atom stereocenters. The lowest BCUT2D eigenvalue weighted by atomic mass is 10.1. The summed E-state index contributed by atoms with van der Waals surface area (Å²) >= 11 is 0. The number of amides is 1.